The number of ether oxygens (including phenoxy) is 1. The molecule has 2 N–H and O–H groups in total. The van der Waals surface area contributed by atoms with E-state index in [1.807, 2.05) is 35.8 Å². The highest BCUT2D eigenvalue weighted by atomic mass is 32.2. The van der Waals surface area contributed by atoms with Gasteiger partial charge in [0.15, 0.2) is 5.82 Å². The maximum Gasteiger partial charge on any atom is 0.239 e. The zero-order valence-electron chi connectivity index (χ0n) is 27.0. The molecule has 5 heterocycles. The van der Waals surface area contributed by atoms with Crippen molar-refractivity contribution in [1.29, 1.82) is 5.26 Å². The average Bonchev–Trinajstić information content (AvgIpc) is 3.08. The van der Waals surface area contributed by atoms with Gasteiger partial charge in [-0.25, -0.2) is 4.98 Å². The Hall–Kier alpha value is -4.45. The summed E-state index contributed by atoms with van der Waals surface area (Å²) in [6, 6.07) is 8.66. The number of likely N-dealkylation sites (N-methyl/N-ethyl adjacent to an activating group) is 1. The van der Waals surface area contributed by atoms with Crippen molar-refractivity contribution in [2.24, 2.45) is 0 Å². The molecule has 2 fully saturated rings. The van der Waals surface area contributed by atoms with E-state index < -0.39 is 0 Å². The first-order chi connectivity index (χ1) is 22.4. The number of aryl methyl sites for hydroxylation is 1. The summed E-state index contributed by atoms with van der Waals surface area (Å²) in [6.45, 7) is 8.57. The number of methoxy groups -OCH3 is 1. The minimum absolute atomic E-state index is 0.305. The fourth-order valence-corrected chi connectivity index (χ4v) is 6.55. The van der Waals surface area contributed by atoms with Crippen LogP contribution in [0.25, 0.3) is 11.0 Å². The van der Waals surface area contributed by atoms with Crippen molar-refractivity contribution in [2.45, 2.75) is 25.8 Å². The topological polar surface area (TPSA) is 134 Å². The number of hydrogen-bond donors (Lipinski definition) is 2. The highest BCUT2D eigenvalue weighted by Gasteiger charge is 2.28. The van der Waals surface area contributed by atoms with E-state index in [2.05, 4.69) is 60.3 Å². The molecule has 46 heavy (non-hydrogen) atoms. The second-order valence-corrected chi connectivity index (χ2v) is 12.5. The third-order valence-electron chi connectivity index (χ3n) is 8.77. The molecule has 3 aromatic heterocycles. The molecule has 0 bridgehead atoms. The van der Waals surface area contributed by atoms with E-state index >= 15 is 0 Å². The molecule has 14 heteroatoms. The maximum atomic E-state index is 9.88. The van der Waals surface area contributed by atoms with Crippen LogP contribution < -0.4 is 24.6 Å². The number of anilines is 6. The number of hydrogen-bond acceptors (Lipinski definition) is 14. The molecule has 2 aliphatic rings. The van der Waals surface area contributed by atoms with Gasteiger partial charge in [0.05, 0.1) is 30.2 Å². The average molecular weight is 641 g/mol. The van der Waals surface area contributed by atoms with Crippen LogP contribution in [-0.4, -0.2) is 107 Å². The first kappa shape index (κ1) is 31.5. The highest BCUT2D eigenvalue weighted by molar-refractivity contribution is 7.99. The summed E-state index contributed by atoms with van der Waals surface area (Å²) < 4.78 is 7.74. The number of aromatic nitrogens is 5. The number of rotatable bonds is 9. The van der Waals surface area contributed by atoms with E-state index in [4.69, 9.17) is 14.7 Å². The Morgan fingerprint density at radius 2 is 1.76 bits per heavy atom. The van der Waals surface area contributed by atoms with Gasteiger partial charge in [0.2, 0.25) is 11.8 Å². The zero-order chi connectivity index (χ0) is 32.2. The lowest BCUT2D eigenvalue weighted by atomic mass is 10.0. The van der Waals surface area contributed by atoms with Crippen LogP contribution in [0.2, 0.25) is 0 Å². The summed E-state index contributed by atoms with van der Waals surface area (Å²) >= 11 is 1.54. The summed E-state index contributed by atoms with van der Waals surface area (Å²) in [5, 5.41) is 16.5. The third kappa shape index (κ3) is 6.57. The lowest BCUT2D eigenvalue weighted by molar-refractivity contribution is 0.0981. The maximum absolute atomic E-state index is 9.88. The fourth-order valence-electron chi connectivity index (χ4n) is 6.18. The van der Waals surface area contributed by atoms with Crippen LogP contribution in [0.5, 0.6) is 5.88 Å². The number of nitrogens with zero attached hydrogens (tertiary/aromatic N) is 10. The molecule has 0 aliphatic carbocycles. The van der Waals surface area contributed by atoms with Crippen LogP contribution in [0.3, 0.4) is 0 Å². The van der Waals surface area contributed by atoms with Crippen LogP contribution >= 0.6 is 11.9 Å². The second kappa shape index (κ2) is 13.9. The van der Waals surface area contributed by atoms with Gasteiger partial charge in [0.25, 0.3) is 0 Å². The normalized spacial score (nSPS) is 16.3. The van der Waals surface area contributed by atoms with E-state index in [1.54, 1.807) is 31.5 Å². The van der Waals surface area contributed by atoms with E-state index in [0.717, 1.165) is 85.9 Å². The number of nitrogens with one attached hydrogen (secondary N) is 2. The molecule has 2 saturated heterocycles. The van der Waals surface area contributed by atoms with Crippen molar-refractivity contribution in [2.75, 3.05) is 86.6 Å². The molecular formula is C32H40N12OS. The fraction of sp³-hybridized carbons (Fsp3) is 0.438. The quantitative estimate of drug-likeness (QED) is 0.250. The lowest BCUT2D eigenvalue weighted by Gasteiger charge is -2.42. The molecule has 240 valence electrons. The standard InChI is InChI=1S/C32H40N12OS/c1-21-18-26(31(45-4)40-30(21)44-12-8-23(9-13-44)43-16-14-41(2)15-17-43)38-32-36-20-22(19-33)29(39-32)37-25-7-6-24-27(35-11-10-34-24)28(25)42(3)46-5/h6-7,10-11,18,20,23H,8-9,12-17H2,1-5H3,(H2,36,37,38,39). The lowest BCUT2D eigenvalue weighted by Crippen LogP contribution is -2.52. The van der Waals surface area contributed by atoms with Crippen molar-refractivity contribution in [3.05, 3.63) is 47.9 Å². The summed E-state index contributed by atoms with van der Waals surface area (Å²) in [6.07, 6.45) is 9.08. The first-order valence-corrected chi connectivity index (χ1v) is 16.6. The number of benzene rings is 1. The SMILES string of the molecule is COc1nc(N2CCC(N3CCN(C)CC3)CC2)c(C)cc1Nc1ncc(C#N)c(Nc2ccc3nccnc3c2N(C)SC)n1. The molecule has 0 radical (unpaired) electrons. The van der Waals surface area contributed by atoms with E-state index in [0.29, 0.717) is 34.9 Å². The van der Waals surface area contributed by atoms with Gasteiger partial charge in [-0.3, -0.25) is 14.9 Å². The predicted octanol–water partition coefficient (Wildman–Crippen LogP) is 4.42. The van der Waals surface area contributed by atoms with Crippen molar-refractivity contribution >= 4 is 57.6 Å². The van der Waals surface area contributed by atoms with Crippen molar-refractivity contribution in [3.8, 4) is 11.9 Å². The Labute approximate surface area is 274 Å². The first-order valence-electron chi connectivity index (χ1n) is 15.4. The van der Waals surface area contributed by atoms with Gasteiger partial charge < -0.3 is 29.5 Å². The Kier molecular flexibility index (Phi) is 9.53. The number of pyridine rings is 1. The summed E-state index contributed by atoms with van der Waals surface area (Å²) in [5.74, 6) is 2.07. The van der Waals surface area contributed by atoms with Crippen molar-refractivity contribution < 1.29 is 4.74 Å². The third-order valence-corrected chi connectivity index (χ3v) is 9.50. The van der Waals surface area contributed by atoms with Crippen LogP contribution in [0, 0.1) is 18.3 Å². The van der Waals surface area contributed by atoms with Gasteiger partial charge >= 0.3 is 0 Å². The van der Waals surface area contributed by atoms with E-state index in [-0.39, 0.29) is 0 Å². The van der Waals surface area contributed by atoms with E-state index in [9.17, 15) is 5.26 Å². The van der Waals surface area contributed by atoms with Crippen LogP contribution in [0.15, 0.2) is 36.8 Å². The molecule has 0 saturated carbocycles. The molecule has 1 aromatic carbocycles. The second-order valence-electron chi connectivity index (χ2n) is 11.6. The molecule has 0 spiro atoms. The van der Waals surface area contributed by atoms with Gasteiger partial charge in [0.1, 0.15) is 28.7 Å². The van der Waals surface area contributed by atoms with Gasteiger partial charge in [-0.05, 0) is 50.6 Å². The number of fused-ring (bicyclic) bond motifs is 1. The molecule has 6 rings (SSSR count). The van der Waals surface area contributed by atoms with Crippen LogP contribution in [-0.2, 0) is 0 Å². The largest absolute Gasteiger partial charge is 0.479 e. The minimum atomic E-state index is 0.305. The molecule has 0 amide bonds. The minimum Gasteiger partial charge on any atom is -0.479 e. The molecular weight excluding hydrogens is 601 g/mol. The van der Waals surface area contributed by atoms with Crippen LogP contribution in [0.4, 0.5) is 34.6 Å². The van der Waals surface area contributed by atoms with Gasteiger partial charge in [0, 0.05) is 71.0 Å². The number of nitriles is 1. The summed E-state index contributed by atoms with van der Waals surface area (Å²) in [4.78, 5) is 30.5. The highest BCUT2D eigenvalue weighted by Crippen LogP contribution is 2.37. The van der Waals surface area contributed by atoms with E-state index in [1.165, 1.54) is 6.20 Å². The molecule has 0 unspecified atom stereocenters. The Balaban J connectivity index is 1.22. The Morgan fingerprint density at radius 3 is 2.48 bits per heavy atom. The van der Waals surface area contributed by atoms with Crippen LogP contribution in [0.1, 0.15) is 24.0 Å². The monoisotopic (exact) mass is 640 g/mol. The zero-order valence-corrected chi connectivity index (χ0v) is 27.8. The number of piperidine rings is 1. The van der Waals surface area contributed by atoms with Gasteiger partial charge in [-0.15, -0.1) is 0 Å². The number of piperazine rings is 1. The predicted molar refractivity (Wildman–Crippen MR) is 185 cm³/mol. The van der Waals surface area contributed by atoms with Gasteiger partial charge in [-0.2, -0.15) is 15.2 Å². The van der Waals surface area contributed by atoms with Crippen molar-refractivity contribution in [1.82, 2.24) is 34.7 Å². The smallest absolute Gasteiger partial charge is 0.239 e. The Morgan fingerprint density at radius 1 is 1.00 bits per heavy atom. The molecule has 0 atom stereocenters. The molecule has 4 aromatic rings. The molecule has 2 aliphatic heterocycles. The van der Waals surface area contributed by atoms with Crippen molar-refractivity contribution in [3.63, 3.8) is 0 Å². The summed E-state index contributed by atoms with van der Waals surface area (Å²) in [7, 11) is 5.77. The van der Waals surface area contributed by atoms with Gasteiger partial charge in [-0.1, -0.05) is 11.9 Å². The molecule has 13 nitrogen and oxygen atoms in total. The Bertz CT molecular complexity index is 1730. The summed E-state index contributed by atoms with van der Waals surface area (Å²) in [5.41, 5.74) is 5.07.